The van der Waals surface area contributed by atoms with E-state index in [-0.39, 0.29) is 4.90 Å². The molecular formula is C19H19N5O2S. The minimum atomic E-state index is -3.40. The normalized spacial score (nSPS) is 16.6. The van der Waals surface area contributed by atoms with Crippen LogP contribution in [0.4, 0.5) is 10.5 Å². The Morgan fingerprint density at radius 1 is 1.11 bits per heavy atom. The molecule has 2 aliphatic carbocycles. The number of pyridine rings is 1. The Hall–Kier alpha value is -2.92. The zero-order valence-electron chi connectivity index (χ0n) is 14.7. The predicted molar refractivity (Wildman–Crippen MR) is 101 cm³/mol. The van der Waals surface area contributed by atoms with Crippen molar-refractivity contribution in [2.24, 2.45) is 4.36 Å². The van der Waals surface area contributed by atoms with Crippen molar-refractivity contribution in [2.45, 2.75) is 43.4 Å². The van der Waals surface area contributed by atoms with Crippen LogP contribution in [0, 0.1) is 11.5 Å². The summed E-state index contributed by atoms with van der Waals surface area (Å²) in [5.74, 6) is 0. The van der Waals surface area contributed by atoms with Gasteiger partial charge in [-0.05, 0) is 72.9 Å². The van der Waals surface area contributed by atoms with E-state index in [1.165, 1.54) is 46.8 Å². The van der Waals surface area contributed by atoms with Gasteiger partial charge in [0.1, 0.15) is 0 Å². The highest BCUT2D eigenvalue weighted by Gasteiger charge is 2.26. The Morgan fingerprint density at radius 3 is 2.33 bits per heavy atom. The van der Waals surface area contributed by atoms with E-state index in [0.717, 1.165) is 44.2 Å². The molecule has 1 atom stereocenters. The summed E-state index contributed by atoms with van der Waals surface area (Å²) in [6, 6.07) is 4.60. The minimum Gasteiger partial charge on any atom is -0.307 e. The minimum absolute atomic E-state index is 0.234. The number of hydrogen-bond donors (Lipinski definition) is 2. The number of urea groups is 1. The third-order valence-corrected chi connectivity index (χ3v) is 6.79. The van der Waals surface area contributed by atoms with Gasteiger partial charge < -0.3 is 5.32 Å². The summed E-state index contributed by atoms with van der Waals surface area (Å²) in [6.07, 6.45) is 10.5. The quantitative estimate of drug-likeness (QED) is 0.797. The van der Waals surface area contributed by atoms with Gasteiger partial charge in [0.05, 0.1) is 4.90 Å². The number of anilines is 1. The van der Waals surface area contributed by atoms with E-state index in [1.54, 1.807) is 6.19 Å². The highest BCUT2D eigenvalue weighted by atomic mass is 32.2. The maximum atomic E-state index is 13.1. The van der Waals surface area contributed by atoms with Gasteiger partial charge in [-0.25, -0.2) is 13.7 Å². The number of nitrogens with one attached hydrogen (secondary N) is 2. The fourth-order valence-electron chi connectivity index (χ4n) is 3.95. The van der Waals surface area contributed by atoms with Gasteiger partial charge in [-0.1, -0.05) is 10.4 Å². The summed E-state index contributed by atoms with van der Waals surface area (Å²) in [6.45, 7) is 0. The molecule has 1 aromatic heterocycles. The molecule has 2 amide bonds. The van der Waals surface area contributed by atoms with Crippen molar-refractivity contribution < 1.29 is 9.00 Å². The third kappa shape index (κ3) is 3.26. The van der Waals surface area contributed by atoms with Crippen molar-refractivity contribution in [1.29, 1.82) is 5.26 Å². The van der Waals surface area contributed by atoms with Crippen LogP contribution in [0.3, 0.4) is 0 Å². The van der Waals surface area contributed by atoms with Crippen LogP contribution in [0.1, 0.15) is 35.1 Å². The number of rotatable bonds is 3. The molecule has 0 aliphatic heterocycles. The van der Waals surface area contributed by atoms with Crippen LogP contribution >= 0.6 is 0 Å². The molecule has 1 aromatic carbocycles. The monoisotopic (exact) mass is 381 g/mol. The van der Waals surface area contributed by atoms with Crippen molar-refractivity contribution in [3.63, 3.8) is 0 Å². The lowest BCUT2D eigenvalue weighted by Crippen LogP contribution is -2.34. The number of benzene rings is 1. The van der Waals surface area contributed by atoms with Crippen LogP contribution in [0.15, 0.2) is 39.9 Å². The van der Waals surface area contributed by atoms with Crippen molar-refractivity contribution in [3.8, 4) is 6.19 Å². The fourth-order valence-corrected chi connectivity index (χ4v) is 5.12. The smallest absolute Gasteiger partial charge is 0.307 e. The van der Waals surface area contributed by atoms with E-state index in [2.05, 4.69) is 25.5 Å². The molecular weight excluding hydrogens is 362 g/mol. The Kier molecular flexibility index (Phi) is 4.54. The molecule has 7 nitrogen and oxygen atoms in total. The molecule has 0 fully saturated rings. The van der Waals surface area contributed by atoms with Crippen molar-refractivity contribution in [2.75, 3.05) is 5.32 Å². The molecule has 0 saturated heterocycles. The first-order valence-corrected chi connectivity index (χ1v) is 10.4. The van der Waals surface area contributed by atoms with Gasteiger partial charge in [-0.15, -0.1) is 0 Å². The molecule has 138 valence electrons. The Morgan fingerprint density at radius 2 is 1.74 bits per heavy atom. The zero-order valence-corrected chi connectivity index (χ0v) is 15.5. The predicted octanol–water partition coefficient (Wildman–Crippen LogP) is 3.10. The first kappa shape index (κ1) is 17.5. The largest absolute Gasteiger partial charge is 0.331 e. The molecule has 8 heteroatoms. The molecule has 0 radical (unpaired) electrons. The number of hydrogen-bond acceptors (Lipinski definition) is 5. The van der Waals surface area contributed by atoms with Crippen LogP contribution in [0.25, 0.3) is 0 Å². The van der Waals surface area contributed by atoms with Crippen molar-refractivity contribution in [1.82, 2.24) is 9.71 Å². The lowest BCUT2D eigenvalue weighted by molar-refractivity contribution is 0.256. The summed E-state index contributed by atoms with van der Waals surface area (Å²) in [4.78, 5) is 16.8. The molecule has 2 N–H and O–H groups in total. The lowest BCUT2D eigenvalue weighted by atomic mass is 9.99. The van der Waals surface area contributed by atoms with E-state index in [4.69, 9.17) is 5.26 Å². The van der Waals surface area contributed by atoms with Crippen LogP contribution in [-0.4, -0.2) is 15.2 Å². The Balaban J connectivity index is 1.65. The van der Waals surface area contributed by atoms with Crippen LogP contribution < -0.4 is 10.0 Å². The van der Waals surface area contributed by atoms with E-state index in [1.807, 2.05) is 0 Å². The average molecular weight is 381 g/mol. The molecule has 2 aromatic rings. The van der Waals surface area contributed by atoms with E-state index < -0.39 is 15.9 Å². The Labute approximate surface area is 158 Å². The molecule has 1 heterocycles. The van der Waals surface area contributed by atoms with Gasteiger partial charge in [-0.2, -0.15) is 5.26 Å². The summed E-state index contributed by atoms with van der Waals surface area (Å²) < 4.78 is 19.0. The number of aromatic nitrogens is 1. The molecule has 0 bridgehead atoms. The summed E-state index contributed by atoms with van der Waals surface area (Å²) >= 11 is 0. The van der Waals surface area contributed by atoms with E-state index >= 15 is 0 Å². The van der Waals surface area contributed by atoms with Crippen LogP contribution in [0.2, 0.25) is 0 Å². The number of amides is 2. The lowest BCUT2D eigenvalue weighted by Gasteiger charge is -2.17. The molecule has 4 rings (SSSR count). The number of aryl methyl sites for hydroxylation is 2. The number of nitriles is 1. The fraction of sp³-hybridized carbons (Fsp3) is 0.316. The summed E-state index contributed by atoms with van der Waals surface area (Å²) in [5.41, 5.74) is 5.80. The molecule has 2 aliphatic rings. The Bertz CT molecular complexity index is 1030. The summed E-state index contributed by atoms with van der Waals surface area (Å²) in [7, 11) is -3.40. The second-order valence-electron chi connectivity index (χ2n) is 6.69. The van der Waals surface area contributed by atoms with Crippen molar-refractivity contribution in [3.05, 3.63) is 52.8 Å². The van der Waals surface area contributed by atoms with Gasteiger partial charge in [0.25, 0.3) is 0 Å². The zero-order chi connectivity index (χ0) is 18.9. The first-order chi connectivity index (χ1) is 13.1. The maximum absolute atomic E-state index is 13.1. The number of carbonyl (C=O) groups is 1. The van der Waals surface area contributed by atoms with Gasteiger partial charge in [0.2, 0.25) is 6.19 Å². The molecule has 0 saturated carbocycles. The third-order valence-electron chi connectivity index (χ3n) is 5.08. The van der Waals surface area contributed by atoms with Gasteiger partial charge in [0.15, 0.2) is 9.92 Å². The topological polar surface area (TPSA) is 107 Å². The van der Waals surface area contributed by atoms with Gasteiger partial charge >= 0.3 is 6.03 Å². The first-order valence-electron chi connectivity index (χ1n) is 8.91. The van der Waals surface area contributed by atoms with E-state index in [9.17, 15) is 9.00 Å². The second-order valence-corrected chi connectivity index (χ2v) is 8.60. The highest BCUT2D eigenvalue weighted by Crippen LogP contribution is 2.38. The van der Waals surface area contributed by atoms with Crippen LogP contribution in [-0.2, 0) is 35.6 Å². The van der Waals surface area contributed by atoms with Crippen molar-refractivity contribution >= 4 is 21.6 Å². The molecule has 27 heavy (non-hydrogen) atoms. The van der Waals surface area contributed by atoms with E-state index in [0.29, 0.717) is 0 Å². The molecule has 0 spiro atoms. The van der Waals surface area contributed by atoms with Crippen LogP contribution in [0.5, 0.6) is 0 Å². The maximum Gasteiger partial charge on any atom is 0.331 e. The molecule has 1 unspecified atom stereocenters. The number of nitrogens with zero attached hydrogens (tertiary/aromatic N) is 3. The average Bonchev–Trinajstić information content (AvgIpc) is 3.31. The number of fused-ring (bicyclic) bond motifs is 2. The second kappa shape index (κ2) is 7.00. The number of carbonyl (C=O) groups excluding carboxylic acids is 1. The van der Waals surface area contributed by atoms with Gasteiger partial charge in [-0.3, -0.25) is 4.98 Å². The standard InChI is InChI=1S/C19H19N5O2S/c20-12-22-27(26,15-7-9-21-10-8-15)24-19(25)23-18-16-5-1-3-13(16)11-14-4-2-6-17(14)18/h7-11H,1-6H2,(H2,22,23,24,25,26). The SMILES string of the molecule is N#CN=S(=O)(NC(=O)Nc1c2c(cc3c1CCC3)CCC2)c1ccncc1. The highest BCUT2D eigenvalue weighted by molar-refractivity contribution is 7.92. The van der Waals surface area contributed by atoms with Gasteiger partial charge in [0, 0.05) is 18.1 Å². The summed E-state index contributed by atoms with van der Waals surface area (Å²) in [5, 5.41) is 11.8.